The Hall–Kier alpha value is -3.48. The minimum Gasteiger partial charge on any atom is -0.495 e. The number of ether oxygens (including phenoxy) is 1. The maximum absolute atomic E-state index is 12.5. The number of unbranched alkanes of at least 4 members (excludes halogenated alkanes) is 1. The second-order valence-corrected chi connectivity index (χ2v) is 9.56. The zero-order valence-corrected chi connectivity index (χ0v) is 22.0. The van der Waals surface area contributed by atoms with E-state index < -0.39 is 0 Å². The van der Waals surface area contributed by atoms with Crippen LogP contribution in [0, 0.1) is 0 Å². The molecule has 0 radical (unpaired) electrons. The number of carbonyl (C=O) groups is 1. The smallest absolute Gasteiger partial charge is 0.246 e. The molecule has 0 bridgehead atoms. The summed E-state index contributed by atoms with van der Waals surface area (Å²) in [7, 11) is 3.47. The number of benzene rings is 2. The fourth-order valence-corrected chi connectivity index (χ4v) is 4.86. The fraction of sp³-hybridized carbons (Fsp3) is 0.355. The molecule has 0 unspecified atom stereocenters. The van der Waals surface area contributed by atoms with Crippen LogP contribution in [0.5, 0.6) is 5.75 Å². The Morgan fingerprint density at radius 2 is 1.62 bits per heavy atom. The first-order valence-electron chi connectivity index (χ1n) is 13.1. The van der Waals surface area contributed by atoms with E-state index in [9.17, 15) is 4.79 Å². The largest absolute Gasteiger partial charge is 0.495 e. The van der Waals surface area contributed by atoms with Gasteiger partial charge in [0.1, 0.15) is 5.75 Å². The third-order valence-electron chi connectivity index (χ3n) is 6.99. The van der Waals surface area contributed by atoms with E-state index in [-0.39, 0.29) is 5.91 Å². The molecule has 1 amide bonds. The van der Waals surface area contributed by atoms with Crippen molar-refractivity contribution in [2.75, 3.05) is 53.4 Å². The van der Waals surface area contributed by atoms with E-state index in [2.05, 4.69) is 75.4 Å². The van der Waals surface area contributed by atoms with Gasteiger partial charge in [-0.15, -0.1) is 0 Å². The first-order chi connectivity index (χ1) is 18.1. The van der Waals surface area contributed by atoms with E-state index in [1.54, 1.807) is 36.6 Å². The fourth-order valence-electron chi connectivity index (χ4n) is 4.86. The lowest BCUT2D eigenvalue weighted by Gasteiger charge is -2.40. The van der Waals surface area contributed by atoms with Gasteiger partial charge in [0.15, 0.2) is 0 Å². The van der Waals surface area contributed by atoms with Crippen LogP contribution < -0.4 is 4.74 Å². The van der Waals surface area contributed by atoms with Gasteiger partial charge < -0.3 is 14.5 Å². The molecule has 0 spiro atoms. The average Bonchev–Trinajstić information content (AvgIpc) is 2.96. The van der Waals surface area contributed by atoms with Crippen LogP contribution in [-0.4, -0.2) is 79.0 Å². The molecule has 1 fully saturated rings. The average molecular weight is 499 g/mol. The Kier molecular flexibility index (Phi) is 9.86. The van der Waals surface area contributed by atoms with Gasteiger partial charge in [-0.1, -0.05) is 60.7 Å². The highest BCUT2D eigenvalue weighted by Gasteiger charge is 2.26. The number of carbonyl (C=O) groups excluding carboxylic acids is 1. The highest BCUT2D eigenvalue weighted by Crippen LogP contribution is 2.29. The Morgan fingerprint density at radius 3 is 2.24 bits per heavy atom. The molecule has 0 N–H and O–H groups in total. The van der Waals surface area contributed by atoms with Crippen LogP contribution in [0.15, 0.2) is 85.2 Å². The van der Waals surface area contributed by atoms with Gasteiger partial charge >= 0.3 is 0 Å². The maximum Gasteiger partial charge on any atom is 0.246 e. The van der Waals surface area contributed by atoms with Gasteiger partial charge in [-0.05, 0) is 48.2 Å². The molecule has 6 heteroatoms. The lowest BCUT2D eigenvalue weighted by atomic mass is 9.96. The van der Waals surface area contributed by atoms with Crippen LogP contribution in [0.2, 0.25) is 0 Å². The monoisotopic (exact) mass is 498 g/mol. The van der Waals surface area contributed by atoms with E-state index in [0.717, 1.165) is 57.7 Å². The van der Waals surface area contributed by atoms with Crippen molar-refractivity contribution in [1.82, 2.24) is 19.7 Å². The van der Waals surface area contributed by atoms with Gasteiger partial charge in [0.2, 0.25) is 5.91 Å². The number of pyridine rings is 1. The highest BCUT2D eigenvalue weighted by molar-refractivity contribution is 5.91. The number of methoxy groups -OCH3 is 1. The predicted octanol–water partition coefficient (Wildman–Crippen LogP) is 4.75. The van der Waals surface area contributed by atoms with Crippen LogP contribution in [0.25, 0.3) is 6.08 Å². The Bertz CT molecular complexity index is 1090. The summed E-state index contributed by atoms with van der Waals surface area (Å²) < 4.78 is 5.18. The molecular formula is C31H38N4O2. The summed E-state index contributed by atoms with van der Waals surface area (Å²) in [6.07, 6.45) is 8.83. The predicted molar refractivity (Wildman–Crippen MR) is 149 cm³/mol. The maximum atomic E-state index is 12.5. The molecule has 3 aromatic rings. The van der Waals surface area contributed by atoms with Gasteiger partial charge in [-0.25, -0.2) is 0 Å². The van der Waals surface area contributed by atoms with Gasteiger partial charge in [-0.3, -0.25) is 14.7 Å². The number of hydrogen-bond acceptors (Lipinski definition) is 5. The van der Waals surface area contributed by atoms with Crippen LogP contribution in [0.1, 0.15) is 35.6 Å². The number of likely N-dealkylation sites (N-methyl/N-ethyl adjacent to an activating group) is 1. The van der Waals surface area contributed by atoms with E-state index in [4.69, 9.17) is 4.74 Å². The molecule has 0 atom stereocenters. The quantitative estimate of drug-likeness (QED) is 0.282. The van der Waals surface area contributed by atoms with Gasteiger partial charge in [0.05, 0.1) is 19.3 Å². The number of hydrogen-bond donors (Lipinski definition) is 0. The number of rotatable bonds is 11. The SMILES string of the molecule is COc1cncc(/C=C/C(=O)N(C)CCCCN2CCN(C(c3ccccc3)c3ccccc3)CC2)c1. The van der Waals surface area contributed by atoms with E-state index >= 15 is 0 Å². The van der Waals surface area contributed by atoms with E-state index in [0.29, 0.717) is 11.8 Å². The van der Waals surface area contributed by atoms with Crippen molar-refractivity contribution in [1.29, 1.82) is 0 Å². The van der Waals surface area contributed by atoms with Crippen molar-refractivity contribution < 1.29 is 9.53 Å². The number of aromatic nitrogens is 1. The lowest BCUT2D eigenvalue weighted by Crippen LogP contribution is -2.48. The highest BCUT2D eigenvalue weighted by atomic mass is 16.5. The summed E-state index contributed by atoms with van der Waals surface area (Å²) in [6.45, 7) is 6.07. The minimum absolute atomic E-state index is 0.00398. The van der Waals surface area contributed by atoms with Crippen LogP contribution in [0.4, 0.5) is 0 Å². The number of nitrogens with zero attached hydrogens (tertiary/aromatic N) is 4. The Balaban J connectivity index is 1.20. The number of piperazine rings is 1. The minimum atomic E-state index is 0.00398. The van der Waals surface area contributed by atoms with Gasteiger partial charge in [-0.2, -0.15) is 0 Å². The molecule has 0 saturated carbocycles. The molecule has 0 aliphatic carbocycles. The summed E-state index contributed by atoms with van der Waals surface area (Å²) >= 11 is 0. The lowest BCUT2D eigenvalue weighted by molar-refractivity contribution is -0.124. The third kappa shape index (κ3) is 7.75. The van der Waals surface area contributed by atoms with Crippen molar-refractivity contribution in [3.05, 3.63) is 102 Å². The summed E-state index contributed by atoms with van der Waals surface area (Å²) in [4.78, 5) is 23.5. The van der Waals surface area contributed by atoms with E-state index in [1.807, 2.05) is 13.1 Å². The molecule has 1 aliphatic rings. The molecule has 2 heterocycles. The van der Waals surface area contributed by atoms with Crippen molar-refractivity contribution >= 4 is 12.0 Å². The molecule has 1 saturated heterocycles. The topological polar surface area (TPSA) is 48.9 Å². The Morgan fingerprint density at radius 1 is 0.973 bits per heavy atom. The second-order valence-electron chi connectivity index (χ2n) is 9.56. The summed E-state index contributed by atoms with van der Waals surface area (Å²) in [5.74, 6) is 0.684. The normalized spacial score (nSPS) is 14.8. The van der Waals surface area contributed by atoms with Crippen LogP contribution >= 0.6 is 0 Å². The second kappa shape index (κ2) is 13.7. The summed E-state index contributed by atoms with van der Waals surface area (Å²) in [6, 6.07) is 23.8. The molecule has 194 valence electrons. The standard InChI is InChI=1S/C31H38N4O2/c1-33(30(36)16-15-26-23-29(37-2)25-32-24-26)17-9-10-18-34-19-21-35(22-20-34)31(27-11-5-3-6-12-27)28-13-7-4-8-14-28/h3-8,11-16,23-25,31H,9-10,17-22H2,1-2H3/b16-15+. The first kappa shape index (κ1) is 26.6. The van der Waals surface area contributed by atoms with Crippen molar-refractivity contribution in [2.45, 2.75) is 18.9 Å². The molecule has 6 nitrogen and oxygen atoms in total. The van der Waals surface area contributed by atoms with Crippen LogP contribution in [0.3, 0.4) is 0 Å². The van der Waals surface area contributed by atoms with Crippen LogP contribution in [-0.2, 0) is 4.79 Å². The Labute approximate surface area is 221 Å². The summed E-state index contributed by atoms with van der Waals surface area (Å²) in [5.41, 5.74) is 3.56. The van der Waals surface area contributed by atoms with Gasteiger partial charge in [0, 0.05) is 52.0 Å². The first-order valence-corrected chi connectivity index (χ1v) is 13.1. The summed E-state index contributed by atoms with van der Waals surface area (Å²) in [5, 5.41) is 0. The number of amides is 1. The molecule has 2 aromatic carbocycles. The third-order valence-corrected chi connectivity index (χ3v) is 6.99. The zero-order chi connectivity index (χ0) is 25.9. The van der Waals surface area contributed by atoms with Gasteiger partial charge in [0.25, 0.3) is 0 Å². The molecular weight excluding hydrogens is 460 g/mol. The van der Waals surface area contributed by atoms with Crippen molar-refractivity contribution in [2.24, 2.45) is 0 Å². The molecule has 1 aliphatic heterocycles. The molecule has 37 heavy (non-hydrogen) atoms. The van der Waals surface area contributed by atoms with E-state index in [1.165, 1.54) is 11.1 Å². The van der Waals surface area contributed by atoms with Crippen molar-refractivity contribution in [3.63, 3.8) is 0 Å². The van der Waals surface area contributed by atoms with Crippen molar-refractivity contribution in [3.8, 4) is 5.75 Å². The zero-order valence-electron chi connectivity index (χ0n) is 22.0. The molecule has 4 rings (SSSR count). The molecule has 1 aromatic heterocycles.